The number of halogens is 1. The first-order valence-corrected chi connectivity index (χ1v) is 24.6. The molecule has 0 aromatic carbocycles. The van der Waals surface area contributed by atoms with E-state index in [0.717, 1.165) is 4.57 Å². The average Bonchev–Trinajstić information content (AvgIpc) is 3.87. The molecule has 2 amide bonds. The van der Waals surface area contributed by atoms with Gasteiger partial charge in [0.2, 0.25) is 11.8 Å². The fourth-order valence-corrected chi connectivity index (χ4v) is 8.66. The molecule has 2 saturated heterocycles. The van der Waals surface area contributed by atoms with Gasteiger partial charge in [-0.15, -0.1) is 0 Å². The van der Waals surface area contributed by atoms with E-state index in [2.05, 4.69) is 94.6 Å². The number of phosphoric acid groups is 2. The van der Waals surface area contributed by atoms with Crippen molar-refractivity contribution in [3.63, 3.8) is 0 Å². The van der Waals surface area contributed by atoms with E-state index in [0.29, 0.717) is 44.4 Å². The molecule has 3 aliphatic rings. The largest absolute Gasteiger partial charge is 0.756 e. The number of hydrogen-bond donors (Lipinski definition) is 5. The standard InChI is InChI=1S/C41H45BrN4O16P2S.Y/c1-2-3-4-5-6-7-8-9-12-15-30(62-64(56,57)59-28-35-34(48)25-39(61-35)46-26-33(42)40(51)44-41(46)52)23-29(47)14-11-10-13-20-43-36(49)19-22-65-32-18-21-45(37(50)24-32)38-17-16-31(60-38)27-58-63(53,54)55;/h18,21,26,31-32,34-35,38-39,48H,1,10-11,13-14,16-17,19-20,22-25,27-28H2,(H,43,49)(H,56,57)(H,44,51,52)(H2,53,54,55);/p-1. The summed E-state index contributed by atoms with van der Waals surface area (Å²) in [6.07, 6.45) is 2.38. The molecule has 8 atom stereocenters. The number of ketones is 1. The van der Waals surface area contributed by atoms with E-state index in [1.807, 2.05) is 6.08 Å². The molecular formula is C41H44BrN4O16P2SY-. The number of carbonyl (C=O) groups excluding carboxylic acids is 3. The quantitative estimate of drug-likeness (QED) is 0.0483. The molecule has 1 radical (unpaired) electrons. The molecule has 4 heterocycles. The second-order valence-electron chi connectivity index (χ2n) is 14.1. The van der Waals surface area contributed by atoms with Crippen LogP contribution in [0.1, 0.15) is 70.4 Å². The molecule has 0 saturated carbocycles. The number of Topliss-reactive ketones (excluding diaryl/α,β-unsaturated/α-hetero) is 1. The fourth-order valence-electron chi connectivity index (χ4n) is 6.17. The van der Waals surface area contributed by atoms with Crippen LogP contribution < -0.4 is 21.5 Å². The van der Waals surface area contributed by atoms with Crippen LogP contribution in [0.25, 0.3) is 0 Å². The van der Waals surface area contributed by atoms with Crippen molar-refractivity contribution in [2.75, 3.05) is 25.5 Å². The Hall–Kier alpha value is -3.56. The van der Waals surface area contributed by atoms with Gasteiger partial charge in [-0.05, 0) is 99.8 Å². The number of thioether (sulfide) groups is 1. The Morgan fingerprint density at radius 3 is 2.39 bits per heavy atom. The van der Waals surface area contributed by atoms with Crippen molar-refractivity contribution < 1.29 is 99.1 Å². The molecule has 1 aromatic heterocycles. The maximum atomic E-state index is 13.0. The summed E-state index contributed by atoms with van der Waals surface area (Å²) in [6.45, 7) is 2.67. The molecule has 1 aromatic rings. The molecule has 0 spiro atoms. The van der Waals surface area contributed by atoms with E-state index in [1.165, 1.54) is 22.9 Å². The number of aliphatic hydroxyl groups excluding tert-OH is 1. The van der Waals surface area contributed by atoms with Crippen LogP contribution in [0.2, 0.25) is 0 Å². The SMILES string of the molecule is C=C=C=C=C=C=C=C=C=C=C=C(CC(=O)CCCCCNC(=O)CCSC1C=CN(C2CCC(COP(=O)([O-])O)O2)C(=O)C1)OP(=O)(O)OCC1OC(n2cc(Br)c(=O)[nH]c2=O)CC1O.[Y]. The number of aromatic amines is 1. The van der Waals surface area contributed by atoms with E-state index < -0.39 is 76.4 Å². The van der Waals surface area contributed by atoms with E-state index in [-0.39, 0.29) is 92.3 Å². The van der Waals surface area contributed by atoms with Crippen LogP contribution in [0.15, 0.2) is 102 Å². The Morgan fingerprint density at radius 2 is 1.70 bits per heavy atom. The van der Waals surface area contributed by atoms with Crippen molar-refractivity contribution in [1.29, 1.82) is 0 Å². The summed E-state index contributed by atoms with van der Waals surface area (Å²) < 4.78 is 50.9. The Kier molecular flexibility index (Phi) is 24.7. The monoisotopic (exact) mass is 1110 g/mol. The Bertz CT molecular complexity index is 2590. The number of H-pyrrole nitrogens is 1. The minimum Gasteiger partial charge on any atom is -0.756 e. The van der Waals surface area contributed by atoms with Gasteiger partial charge in [0.05, 0.1) is 36.3 Å². The first kappa shape index (κ1) is 56.8. The number of rotatable bonds is 22. The second kappa shape index (κ2) is 28.7. The Morgan fingerprint density at radius 1 is 0.985 bits per heavy atom. The Balaban J connectivity index is 0.0000116. The first-order chi connectivity index (χ1) is 30.9. The number of nitrogens with one attached hydrogen (secondary N) is 2. The number of phosphoric ester groups is 2. The summed E-state index contributed by atoms with van der Waals surface area (Å²) in [5.41, 5.74) is 22.6. The third-order valence-electron chi connectivity index (χ3n) is 9.21. The van der Waals surface area contributed by atoms with Crippen molar-refractivity contribution >= 4 is 60.9 Å². The maximum Gasteiger partial charge on any atom is 0.527 e. The van der Waals surface area contributed by atoms with Gasteiger partial charge >= 0.3 is 13.5 Å². The van der Waals surface area contributed by atoms with Crippen LogP contribution in [0, 0.1) is 0 Å². The summed E-state index contributed by atoms with van der Waals surface area (Å²) in [5, 5.41) is 13.2. The summed E-state index contributed by atoms with van der Waals surface area (Å²) in [6, 6.07) is 0. The van der Waals surface area contributed by atoms with Crippen LogP contribution in [-0.2, 0) is 79.3 Å². The zero-order valence-corrected chi connectivity index (χ0v) is 42.1. The van der Waals surface area contributed by atoms with Gasteiger partial charge in [-0.2, -0.15) is 11.8 Å². The molecule has 25 heteroatoms. The predicted octanol–water partition coefficient (Wildman–Crippen LogP) is 3.00. The third kappa shape index (κ3) is 20.8. The van der Waals surface area contributed by atoms with Gasteiger partial charge < -0.3 is 38.7 Å². The number of carbonyl (C=O) groups is 3. The van der Waals surface area contributed by atoms with Gasteiger partial charge in [0.1, 0.15) is 24.3 Å². The molecule has 5 N–H and O–H groups in total. The summed E-state index contributed by atoms with van der Waals surface area (Å²) in [7, 11) is -9.84. The summed E-state index contributed by atoms with van der Waals surface area (Å²) in [4.78, 5) is 95.8. The number of allylic oxidation sites excluding steroid dienone is 1. The predicted molar refractivity (Wildman–Crippen MR) is 231 cm³/mol. The van der Waals surface area contributed by atoms with Crippen LogP contribution >= 0.6 is 43.3 Å². The number of aliphatic hydroxyl groups is 1. The van der Waals surface area contributed by atoms with E-state index >= 15 is 0 Å². The summed E-state index contributed by atoms with van der Waals surface area (Å²) in [5.74, 6) is -0.706. The molecule has 351 valence electrons. The van der Waals surface area contributed by atoms with Gasteiger partial charge in [-0.25, -0.2) is 9.36 Å². The molecule has 8 unspecified atom stereocenters. The molecule has 0 bridgehead atoms. The molecule has 20 nitrogen and oxygen atoms in total. The molecule has 0 aliphatic carbocycles. The van der Waals surface area contributed by atoms with Crippen LogP contribution in [0.3, 0.4) is 0 Å². The molecule has 4 rings (SSSR count). The number of amides is 2. The first-order valence-electron chi connectivity index (χ1n) is 19.8. The van der Waals surface area contributed by atoms with Crippen LogP contribution in [-0.4, -0.2) is 102 Å². The van der Waals surface area contributed by atoms with Crippen molar-refractivity contribution in [1.82, 2.24) is 19.8 Å². The van der Waals surface area contributed by atoms with Crippen molar-refractivity contribution in [3.8, 4) is 0 Å². The minimum atomic E-state index is -4.97. The number of hydrogen-bond acceptors (Lipinski definition) is 15. The van der Waals surface area contributed by atoms with Gasteiger partial charge in [0.15, 0.2) is 5.76 Å². The number of ether oxygens (including phenoxy) is 2. The normalized spacial score (nSPS) is 22.3. The summed E-state index contributed by atoms with van der Waals surface area (Å²) >= 11 is 4.47. The molecule has 66 heavy (non-hydrogen) atoms. The fraction of sp³-hybridized carbons (Fsp3) is 0.488. The minimum absolute atomic E-state index is 0. The van der Waals surface area contributed by atoms with Crippen molar-refractivity contribution in [2.45, 2.75) is 100 Å². The molecule has 2 fully saturated rings. The topological polar surface area (TPSA) is 285 Å². The van der Waals surface area contributed by atoms with Crippen LogP contribution in [0.5, 0.6) is 0 Å². The number of aromatic nitrogens is 2. The van der Waals surface area contributed by atoms with E-state index in [4.69, 9.17) is 23.4 Å². The zero-order valence-electron chi connectivity index (χ0n) is 35.1. The third-order valence-corrected chi connectivity index (χ3v) is 12.4. The van der Waals surface area contributed by atoms with Gasteiger partial charge in [-0.3, -0.25) is 47.6 Å². The van der Waals surface area contributed by atoms with Crippen molar-refractivity contribution in [2.24, 2.45) is 0 Å². The number of unbranched alkanes of at least 4 members (excludes halogenated alkanes) is 2. The Labute approximate surface area is 416 Å². The average molecular weight is 1110 g/mol. The van der Waals surface area contributed by atoms with Gasteiger partial charge in [0, 0.05) is 88.3 Å². The van der Waals surface area contributed by atoms with Crippen molar-refractivity contribution in [3.05, 3.63) is 113 Å². The number of nitrogens with zero attached hydrogens (tertiary/aromatic N) is 2. The van der Waals surface area contributed by atoms with Gasteiger partial charge in [-0.1, -0.05) is 18.2 Å². The van der Waals surface area contributed by atoms with E-state index in [9.17, 15) is 48.0 Å². The van der Waals surface area contributed by atoms with Gasteiger partial charge in [0.25, 0.3) is 13.4 Å². The molecule has 3 aliphatic heterocycles. The smallest absolute Gasteiger partial charge is 0.527 e. The van der Waals surface area contributed by atoms with E-state index in [1.54, 1.807) is 6.20 Å². The molecular weight excluding hydrogens is 1070 g/mol. The maximum absolute atomic E-state index is 13.0. The second-order valence-corrected chi connectivity index (χ2v) is 18.9. The van der Waals surface area contributed by atoms with Crippen LogP contribution in [0.4, 0.5) is 0 Å². The zero-order chi connectivity index (χ0) is 47.4.